The molecule has 0 saturated carbocycles. The number of hydrogen-bond acceptors (Lipinski definition) is 3. The van der Waals surface area contributed by atoms with Gasteiger partial charge >= 0.3 is 6.61 Å². The lowest BCUT2D eigenvalue weighted by Crippen LogP contribution is -2.42. The highest BCUT2D eigenvalue weighted by atomic mass is 19.3. The minimum atomic E-state index is -2.88. The summed E-state index contributed by atoms with van der Waals surface area (Å²) in [6.07, 6.45) is 0. The first-order valence-corrected chi connectivity index (χ1v) is 9.37. The highest BCUT2D eigenvalue weighted by Gasteiger charge is 2.42. The average Bonchev–Trinajstić information content (AvgIpc) is 2.91. The Kier molecular flexibility index (Phi) is 5.86. The smallest absolute Gasteiger partial charge is 0.387 e. The monoisotopic (exact) mass is 402 g/mol. The number of carbonyl (C=O) groups is 2. The molecule has 0 radical (unpaired) electrons. The molecular weight excluding hydrogens is 378 g/mol. The van der Waals surface area contributed by atoms with Gasteiger partial charge in [0.1, 0.15) is 11.8 Å². The Morgan fingerprint density at radius 3 is 2.41 bits per heavy atom. The number of carbonyl (C=O) groups excluding carboxylic acids is 2. The van der Waals surface area contributed by atoms with E-state index in [-0.39, 0.29) is 29.5 Å². The number of ether oxygens (including phenoxy) is 1. The van der Waals surface area contributed by atoms with Crippen molar-refractivity contribution in [1.29, 1.82) is 0 Å². The van der Waals surface area contributed by atoms with E-state index < -0.39 is 12.7 Å². The second-order valence-electron chi connectivity index (χ2n) is 8.22. The van der Waals surface area contributed by atoms with Crippen molar-refractivity contribution in [1.82, 2.24) is 10.2 Å². The molecule has 154 valence electrons. The van der Waals surface area contributed by atoms with Crippen LogP contribution in [-0.4, -0.2) is 29.9 Å². The van der Waals surface area contributed by atoms with Crippen LogP contribution in [0.2, 0.25) is 0 Å². The van der Waals surface area contributed by atoms with Crippen LogP contribution in [0.15, 0.2) is 48.5 Å². The fourth-order valence-corrected chi connectivity index (χ4v) is 3.40. The quantitative estimate of drug-likeness (QED) is 0.790. The Hall–Kier alpha value is -2.96. The van der Waals surface area contributed by atoms with E-state index in [4.69, 9.17) is 0 Å². The number of alkyl halides is 2. The summed E-state index contributed by atoms with van der Waals surface area (Å²) >= 11 is 0. The van der Waals surface area contributed by atoms with Gasteiger partial charge in [-0.3, -0.25) is 9.59 Å². The van der Waals surface area contributed by atoms with Gasteiger partial charge in [0, 0.05) is 18.7 Å². The zero-order chi connectivity index (χ0) is 21.2. The van der Waals surface area contributed by atoms with E-state index in [1.54, 1.807) is 35.2 Å². The van der Waals surface area contributed by atoms with Crippen LogP contribution in [-0.2, 0) is 11.3 Å². The van der Waals surface area contributed by atoms with Crippen molar-refractivity contribution in [2.45, 2.75) is 40.0 Å². The number of hydrogen-bond donors (Lipinski definition) is 1. The van der Waals surface area contributed by atoms with Crippen molar-refractivity contribution in [3.63, 3.8) is 0 Å². The van der Waals surface area contributed by atoms with Gasteiger partial charge in [0.25, 0.3) is 5.91 Å². The summed E-state index contributed by atoms with van der Waals surface area (Å²) in [5.41, 5.74) is 1.81. The molecule has 1 aliphatic heterocycles. The molecule has 1 unspecified atom stereocenters. The molecule has 0 fully saturated rings. The molecular formula is C22H24F2N2O3. The summed E-state index contributed by atoms with van der Waals surface area (Å²) in [7, 11) is 0. The van der Waals surface area contributed by atoms with Gasteiger partial charge in [-0.2, -0.15) is 8.78 Å². The van der Waals surface area contributed by atoms with E-state index in [1.807, 2.05) is 26.8 Å². The Labute approximate surface area is 168 Å². The summed E-state index contributed by atoms with van der Waals surface area (Å²) < 4.78 is 28.8. The van der Waals surface area contributed by atoms with Crippen LogP contribution in [0.4, 0.5) is 8.78 Å². The Balaban J connectivity index is 1.74. The molecule has 1 aliphatic rings. The lowest BCUT2D eigenvalue weighted by molar-refractivity contribution is -0.126. The van der Waals surface area contributed by atoms with Crippen LogP contribution in [0, 0.1) is 5.41 Å². The average molecular weight is 402 g/mol. The predicted octanol–water partition coefficient (Wildman–Crippen LogP) is 4.15. The zero-order valence-electron chi connectivity index (χ0n) is 16.6. The predicted molar refractivity (Wildman–Crippen MR) is 105 cm³/mol. The molecule has 29 heavy (non-hydrogen) atoms. The first-order chi connectivity index (χ1) is 13.7. The Bertz CT molecular complexity index is 892. The van der Waals surface area contributed by atoms with Gasteiger partial charge in [-0.1, -0.05) is 51.1 Å². The minimum Gasteiger partial charge on any atom is -0.435 e. The fourth-order valence-electron chi connectivity index (χ4n) is 3.40. The third kappa shape index (κ3) is 4.91. The van der Waals surface area contributed by atoms with Crippen molar-refractivity contribution < 1.29 is 23.1 Å². The Morgan fingerprint density at radius 2 is 1.79 bits per heavy atom. The van der Waals surface area contributed by atoms with E-state index in [0.29, 0.717) is 17.7 Å². The van der Waals surface area contributed by atoms with Gasteiger partial charge in [-0.25, -0.2) is 0 Å². The number of nitrogens with one attached hydrogen (secondary N) is 1. The lowest BCUT2D eigenvalue weighted by Gasteiger charge is -2.31. The zero-order valence-corrected chi connectivity index (χ0v) is 16.6. The molecule has 0 spiro atoms. The van der Waals surface area contributed by atoms with Crippen LogP contribution in [0.1, 0.15) is 48.3 Å². The molecule has 5 nitrogen and oxygen atoms in total. The lowest BCUT2D eigenvalue weighted by atomic mass is 9.95. The first-order valence-electron chi connectivity index (χ1n) is 9.37. The molecule has 1 N–H and O–H groups in total. The summed E-state index contributed by atoms with van der Waals surface area (Å²) in [4.78, 5) is 27.5. The van der Waals surface area contributed by atoms with Gasteiger partial charge in [0.2, 0.25) is 5.91 Å². The summed E-state index contributed by atoms with van der Waals surface area (Å²) in [6.45, 7) is 3.82. The van der Waals surface area contributed by atoms with Gasteiger partial charge in [0.15, 0.2) is 0 Å². The molecule has 1 atom stereocenters. The summed E-state index contributed by atoms with van der Waals surface area (Å²) in [5.74, 6) is -0.369. The molecule has 0 aromatic heterocycles. The fraction of sp³-hybridized carbons (Fsp3) is 0.364. The third-order valence-electron chi connectivity index (χ3n) is 4.57. The van der Waals surface area contributed by atoms with E-state index in [0.717, 1.165) is 5.56 Å². The molecule has 1 heterocycles. The van der Waals surface area contributed by atoms with E-state index in [9.17, 15) is 18.4 Å². The van der Waals surface area contributed by atoms with Crippen LogP contribution in [0.25, 0.3) is 0 Å². The highest BCUT2D eigenvalue weighted by Crippen LogP contribution is 2.36. The minimum absolute atomic E-state index is 0.0572. The van der Waals surface area contributed by atoms with Gasteiger partial charge in [-0.05, 0) is 34.7 Å². The van der Waals surface area contributed by atoms with Crippen LogP contribution >= 0.6 is 0 Å². The molecule has 0 aliphatic carbocycles. The van der Waals surface area contributed by atoms with Crippen molar-refractivity contribution in [2.75, 3.05) is 6.54 Å². The van der Waals surface area contributed by atoms with Crippen molar-refractivity contribution in [2.24, 2.45) is 5.41 Å². The number of benzene rings is 2. The van der Waals surface area contributed by atoms with Gasteiger partial charge in [0.05, 0.1) is 0 Å². The summed E-state index contributed by atoms with van der Waals surface area (Å²) in [5, 5.41) is 2.86. The molecule has 0 bridgehead atoms. The molecule has 2 aromatic carbocycles. The molecule has 7 heteroatoms. The van der Waals surface area contributed by atoms with Crippen molar-refractivity contribution >= 4 is 11.8 Å². The number of rotatable bonds is 6. The molecule has 2 aromatic rings. The largest absolute Gasteiger partial charge is 0.435 e. The van der Waals surface area contributed by atoms with E-state index in [2.05, 4.69) is 10.1 Å². The van der Waals surface area contributed by atoms with Crippen LogP contribution in [0.5, 0.6) is 5.75 Å². The SMILES string of the molecule is CC(C)(C)CN1C(=O)c2ccccc2C1C(=O)NCc1ccc(OC(F)F)cc1. The van der Waals surface area contributed by atoms with E-state index >= 15 is 0 Å². The van der Waals surface area contributed by atoms with E-state index in [1.165, 1.54) is 12.1 Å². The number of nitrogens with zero attached hydrogens (tertiary/aromatic N) is 1. The molecule has 0 saturated heterocycles. The second kappa shape index (κ2) is 8.19. The maximum absolute atomic E-state index is 13.0. The van der Waals surface area contributed by atoms with Crippen molar-refractivity contribution in [3.05, 3.63) is 65.2 Å². The third-order valence-corrected chi connectivity index (χ3v) is 4.57. The maximum atomic E-state index is 13.0. The number of fused-ring (bicyclic) bond motifs is 1. The Morgan fingerprint density at radius 1 is 1.14 bits per heavy atom. The number of amides is 2. The first kappa shape index (κ1) is 20.8. The summed E-state index contributed by atoms with van der Waals surface area (Å²) in [6, 6.07) is 12.5. The maximum Gasteiger partial charge on any atom is 0.387 e. The van der Waals surface area contributed by atoms with Gasteiger partial charge in [-0.15, -0.1) is 0 Å². The standard InChI is InChI=1S/C22H24F2N2O3/c1-22(2,3)13-26-18(16-6-4-5-7-17(16)20(26)28)19(27)25-12-14-8-10-15(11-9-14)29-21(23)24/h4-11,18,21H,12-13H2,1-3H3,(H,25,27). The van der Waals surface area contributed by atoms with Crippen LogP contribution < -0.4 is 10.1 Å². The number of halogens is 2. The second-order valence-corrected chi connectivity index (χ2v) is 8.22. The van der Waals surface area contributed by atoms with Crippen LogP contribution in [0.3, 0.4) is 0 Å². The molecule has 2 amide bonds. The molecule has 3 rings (SSSR count). The topological polar surface area (TPSA) is 58.6 Å². The normalized spacial score (nSPS) is 16.1. The highest BCUT2D eigenvalue weighted by molar-refractivity contribution is 6.04. The van der Waals surface area contributed by atoms with Crippen molar-refractivity contribution in [3.8, 4) is 5.75 Å². The van der Waals surface area contributed by atoms with Gasteiger partial charge < -0.3 is 15.0 Å².